The highest BCUT2D eigenvalue weighted by molar-refractivity contribution is 6.30. The van der Waals surface area contributed by atoms with E-state index >= 15 is 0 Å². The average molecular weight is 370 g/mol. The van der Waals surface area contributed by atoms with Crippen molar-refractivity contribution < 1.29 is 9.53 Å². The third-order valence-corrected chi connectivity index (χ3v) is 4.48. The molecule has 3 nitrogen and oxygen atoms in total. The molecule has 0 saturated carbocycles. The summed E-state index contributed by atoms with van der Waals surface area (Å²) < 4.78 is 5.72. The van der Waals surface area contributed by atoms with Gasteiger partial charge in [-0.25, -0.2) is 4.79 Å². The lowest BCUT2D eigenvalue weighted by molar-refractivity contribution is 0.0274. The minimum atomic E-state index is -0.560. The summed E-state index contributed by atoms with van der Waals surface area (Å²) in [7, 11) is 0. The SMILES string of the molecule is CC(C)(C)OC(=O)N1C(c2cccc(Cl)c2)=CCC[C@H]1c1ccccc1. The summed E-state index contributed by atoms with van der Waals surface area (Å²) in [4.78, 5) is 14.9. The molecule has 2 aromatic rings. The first-order valence-electron chi connectivity index (χ1n) is 8.88. The van der Waals surface area contributed by atoms with Gasteiger partial charge < -0.3 is 4.74 Å². The van der Waals surface area contributed by atoms with E-state index in [1.54, 1.807) is 4.90 Å². The molecule has 1 heterocycles. The molecule has 0 radical (unpaired) electrons. The first-order chi connectivity index (χ1) is 12.3. The van der Waals surface area contributed by atoms with Crippen molar-refractivity contribution >= 4 is 23.4 Å². The normalized spacial score (nSPS) is 17.6. The number of benzene rings is 2. The zero-order chi connectivity index (χ0) is 18.7. The smallest absolute Gasteiger partial charge is 0.415 e. The molecule has 0 N–H and O–H groups in total. The van der Waals surface area contributed by atoms with Crippen molar-refractivity contribution in [2.75, 3.05) is 0 Å². The van der Waals surface area contributed by atoms with Crippen molar-refractivity contribution in [1.29, 1.82) is 0 Å². The Balaban J connectivity index is 2.04. The summed E-state index contributed by atoms with van der Waals surface area (Å²) in [5.74, 6) is 0. The molecule has 0 unspecified atom stereocenters. The molecule has 1 amide bonds. The van der Waals surface area contributed by atoms with E-state index in [2.05, 4.69) is 18.2 Å². The zero-order valence-corrected chi connectivity index (χ0v) is 16.2. The molecule has 26 heavy (non-hydrogen) atoms. The monoisotopic (exact) mass is 369 g/mol. The fourth-order valence-electron chi connectivity index (χ4n) is 3.21. The number of halogens is 1. The number of hydrogen-bond donors (Lipinski definition) is 0. The van der Waals surface area contributed by atoms with E-state index in [4.69, 9.17) is 16.3 Å². The third kappa shape index (κ3) is 4.28. The van der Waals surface area contributed by atoms with E-state index < -0.39 is 5.60 Å². The first-order valence-corrected chi connectivity index (χ1v) is 9.26. The molecule has 0 bridgehead atoms. The van der Waals surface area contributed by atoms with Gasteiger partial charge in [0, 0.05) is 5.02 Å². The standard InChI is InChI=1S/C22H24ClNO2/c1-22(2,3)26-21(25)24-19(16-9-5-4-6-10-16)13-8-14-20(24)17-11-7-12-18(23)15-17/h4-7,9-12,14-15,19H,8,13H2,1-3H3/t19-/m0/s1. The lowest BCUT2D eigenvalue weighted by Gasteiger charge is -2.38. The van der Waals surface area contributed by atoms with Crippen LogP contribution >= 0.6 is 11.6 Å². The largest absolute Gasteiger partial charge is 0.443 e. The van der Waals surface area contributed by atoms with Crippen LogP contribution in [0.5, 0.6) is 0 Å². The Morgan fingerprint density at radius 3 is 2.50 bits per heavy atom. The molecule has 0 saturated heterocycles. The topological polar surface area (TPSA) is 29.5 Å². The van der Waals surface area contributed by atoms with Gasteiger partial charge in [0.05, 0.1) is 11.7 Å². The van der Waals surface area contributed by atoms with Crippen LogP contribution in [-0.4, -0.2) is 16.6 Å². The highest BCUT2D eigenvalue weighted by Gasteiger charge is 2.34. The molecular weight excluding hydrogens is 346 g/mol. The number of hydrogen-bond acceptors (Lipinski definition) is 2. The van der Waals surface area contributed by atoms with Crippen molar-refractivity contribution in [1.82, 2.24) is 4.90 Å². The summed E-state index contributed by atoms with van der Waals surface area (Å²) in [6.45, 7) is 5.65. The van der Waals surface area contributed by atoms with Crippen molar-refractivity contribution in [3.05, 3.63) is 76.8 Å². The van der Waals surface area contributed by atoms with E-state index in [1.807, 2.05) is 63.2 Å². The summed E-state index contributed by atoms with van der Waals surface area (Å²) in [5, 5.41) is 0.648. The van der Waals surface area contributed by atoms with Gasteiger partial charge in [0.15, 0.2) is 0 Å². The maximum atomic E-state index is 13.1. The highest BCUT2D eigenvalue weighted by Crippen LogP contribution is 2.39. The number of carbonyl (C=O) groups is 1. The fraction of sp³-hybridized carbons (Fsp3) is 0.318. The number of nitrogens with zero attached hydrogens (tertiary/aromatic N) is 1. The molecule has 4 heteroatoms. The Morgan fingerprint density at radius 1 is 1.12 bits per heavy atom. The predicted octanol–water partition coefficient (Wildman–Crippen LogP) is 6.45. The number of allylic oxidation sites excluding steroid dienone is 1. The maximum absolute atomic E-state index is 13.1. The van der Waals surface area contributed by atoms with E-state index in [-0.39, 0.29) is 12.1 Å². The van der Waals surface area contributed by atoms with Gasteiger partial charge in [-0.1, -0.05) is 60.1 Å². The molecular formula is C22H24ClNO2. The number of rotatable bonds is 2. The summed E-state index contributed by atoms with van der Waals surface area (Å²) in [6, 6.07) is 17.6. The lowest BCUT2D eigenvalue weighted by atomic mass is 9.94. The van der Waals surface area contributed by atoms with Gasteiger partial charge >= 0.3 is 6.09 Å². The van der Waals surface area contributed by atoms with Crippen LogP contribution in [0.4, 0.5) is 4.79 Å². The van der Waals surface area contributed by atoms with Crippen LogP contribution in [0.2, 0.25) is 5.02 Å². The van der Waals surface area contributed by atoms with Gasteiger partial charge in [-0.15, -0.1) is 0 Å². The van der Waals surface area contributed by atoms with Crippen LogP contribution < -0.4 is 0 Å². The van der Waals surface area contributed by atoms with E-state index in [9.17, 15) is 4.79 Å². The molecule has 136 valence electrons. The molecule has 1 atom stereocenters. The van der Waals surface area contributed by atoms with Crippen LogP contribution in [0, 0.1) is 0 Å². The molecule has 1 aliphatic rings. The Morgan fingerprint density at radius 2 is 1.85 bits per heavy atom. The fourth-order valence-corrected chi connectivity index (χ4v) is 3.40. The van der Waals surface area contributed by atoms with Crippen molar-refractivity contribution in [2.24, 2.45) is 0 Å². The molecule has 2 aromatic carbocycles. The zero-order valence-electron chi connectivity index (χ0n) is 15.4. The number of amides is 1. The second-order valence-corrected chi connectivity index (χ2v) is 7.89. The molecule has 0 aromatic heterocycles. The maximum Gasteiger partial charge on any atom is 0.415 e. The van der Waals surface area contributed by atoms with E-state index in [1.165, 1.54) is 0 Å². The predicted molar refractivity (Wildman–Crippen MR) is 106 cm³/mol. The summed E-state index contributed by atoms with van der Waals surface area (Å²) in [6.07, 6.45) is 3.50. The van der Waals surface area contributed by atoms with Crippen molar-refractivity contribution in [2.45, 2.75) is 45.3 Å². The minimum Gasteiger partial charge on any atom is -0.443 e. The van der Waals surface area contributed by atoms with E-state index in [0.29, 0.717) is 5.02 Å². The number of ether oxygens (including phenoxy) is 1. The van der Waals surface area contributed by atoms with Gasteiger partial charge in [-0.05, 0) is 56.9 Å². The Labute approximate surface area is 160 Å². The molecule has 0 aliphatic carbocycles. The first kappa shape index (κ1) is 18.5. The van der Waals surface area contributed by atoms with E-state index in [0.717, 1.165) is 29.7 Å². The van der Waals surface area contributed by atoms with Crippen molar-refractivity contribution in [3.63, 3.8) is 0 Å². The van der Waals surface area contributed by atoms with Gasteiger partial charge in [-0.2, -0.15) is 0 Å². The number of carbonyl (C=O) groups excluding carboxylic acids is 1. The highest BCUT2D eigenvalue weighted by atomic mass is 35.5. The Kier molecular flexibility index (Phi) is 5.38. The van der Waals surface area contributed by atoms with Crippen LogP contribution in [0.3, 0.4) is 0 Å². The second kappa shape index (κ2) is 7.55. The van der Waals surface area contributed by atoms with Gasteiger partial charge in [-0.3, -0.25) is 4.90 Å². The van der Waals surface area contributed by atoms with Crippen LogP contribution in [-0.2, 0) is 4.74 Å². The molecule has 0 fully saturated rings. The molecule has 3 rings (SSSR count). The van der Waals surface area contributed by atoms with Crippen LogP contribution in [0.25, 0.3) is 5.70 Å². The second-order valence-electron chi connectivity index (χ2n) is 7.45. The average Bonchev–Trinajstić information content (AvgIpc) is 2.60. The Bertz CT molecular complexity index is 808. The Hall–Kier alpha value is -2.26. The van der Waals surface area contributed by atoms with Gasteiger partial charge in [0.2, 0.25) is 0 Å². The lowest BCUT2D eigenvalue weighted by Crippen LogP contribution is -2.39. The summed E-state index contributed by atoms with van der Waals surface area (Å²) in [5.41, 5.74) is 2.31. The van der Waals surface area contributed by atoms with Crippen LogP contribution in [0.15, 0.2) is 60.7 Å². The molecule has 1 aliphatic heterocycles. The third-order valence-electron chi connectivity index (χ3n) is 4.24. The minimum absolute atomic E-state index is 0.0648. The van der Waals surface area contributed by atoms with Gasteiger partial charge in [0.1, 0.15) is 5.60 Å². The van der Waals surface area contributed by atoms with Crippen molar-refractivity contribution in [3.8, 4) is 0 Å². The quantitative estimate of drug-likeness (QED) is 0.608. The summed E-state index contributed by atoms with van der Waals surface area (Å²) >= 11 is 6.19. The molecule has 0 spiro atoms. The van der Waals surface area contributed by atoms with Gasteiger partial charge in [0.25, 0.3) is 0 Å². The van der Waals surface area contributed by atoms with Crippen LogP contribution in [0.1, 0.15) is 50.8 Å².